The summed E-state index contributed by atoms with van der Waals surface area (Å²) in [6, 6.07) is 7.55. The van der Waals surface area contributed by atoms with Crippen LogP contribution in [0.25, 0.3) is 11.0 Å². The minimum Gasteiger partial charge on any atom is -0.375 e. The Morgan fingerprint density at radius 2 is 1.93 bits per heavy atom. The molecule has 0 atom stereocenters. The van der Waals surface area contributed by atoms with Crippen LogP contribution in [0.15, 0.2) is 36.4 Å². The van der Waals surface area contributed by atoms with Crippen molar-refractivity contribution in [3.05, 3.63) is 47.5 Å². The number of carbonyl (C=O) groups is 2. The second-order valence-electron chi connectivity index (χ2n) is 6.12. The Morgan fingerprint density at radius 1 is 1.17 bits per heavy atom. The van der Waals surface area contributed by atoms with Crippen LogP contribution in [0.5, 0.6) is 0 Å². The van der Waals surface area contributed by atoms with Gasteiger partial charge in [-0.25, -0.2) is 4.68 Å². The number of rotatable bonds is 5. The number of hydrogen-bond donors (Lipinski definition) is 2. The molecule has 0 unspecified atom stereocenters. The number of ether oxygens (including phenoxy) is 1. The van der Waals surface area contributed by atoms with E-state index < -0.39 is 23.6 Å². The number of alkyl halides is 3. The van der Waals surface area contributed by atoms with Gasteiger partial charge in [-0.1, -0.05) is 11.3 Å². The first kappa shape index (κ1) is 20.3. The van der Waals surface area contributed by atoms with Gasteiger partial charge in [0.05, 0.1) is 16.8 Å². The van der Waals surface area contributed by atoms with Crippen LogP contribution >= 0.6 is 0 Å². The van der Waals surface area contributed by atoms with Gasteiger partial charge in [-0.2, -0.15) is 13.2 Å². The molecule has 29 heavy (non-hydrogen) atoms. The van der Waals surface area contributed by atoms with Crippen LogP contribution in [-0.2, 0) is 22.8 Å². The van der Waals surface area contributed by atoms with Crippen molar-refractivity contribution < 1.29 is 27.5 Å². The fraction of sp³-hybridized carbons (Fsp3) is 0.222. The SMILES string of the molecule is COCC(=O)Nc1cc(C(=O)Nc2cccc3c2nnn3C)cc(C(F)(F)F)c1. The molecule has 3 aromatic rings. The highest BCUT2D eigenvalue weighted by molar-refractivity contribution is 6.08. The van der Waals surface area contributed by atoms with Crippen LogP contribution in [0, 0.1) is 0 Å². The summed E-state index contributed by atoms with van der Waals surface area (Å²) in [7, 11) is 2.94. The Hall–Kier alpha value is -3.47. The smallest absolute Gasteiger partial charge is 0.375 e. The first-order chi connectivity index (χ1) is 13.7. The predicted molar refractivity (Wildman–Crippen MR) is 98.4 cm³/mol. The van der Waals surface area contributed by atoms with E-state index in [1.807, 2.05) is 0 Å². The van der Waals surface area contributed by atoms with Crippen molar-refractivity contribution in [3.63, 3.8) is 0 Å². The lowest BCUT2D eigenvalue weighted by Gasteiger charge is -2.13. The number of halogens is 3. The molecule has 0 aliphatic rings. The van der Waals surface area contributed by atoms with E-state index in [1.54, 1.807) is 25.2 Å². The zero-order valence-electron chi connectivity index (χ0n) is 15.4. The summed E-state index contributed by atoms with van der Waals surface area (Å²) < 4.78 is 45.9. The third-order valence-corrected chi connectivity index (χ3v) is 3.97. The molecule has 0 saturated heterocycles. The number of benzene rings is 2. The number of aryl methyl sites for hydroxylation is 1. The molecule has 0 aliphatic carbocycles. The van der Waals surface area contributed by atoms with E-state index in [4.69, 9.17) is 0 Å². The largest absolute Gasteiger partial charge is 0.416 e. The fourth-order valence-electron chi connectivity index (χ4n) is 2.68. The van der Waals surface area contributed by atoms with E-state index in [0.717, 1.165) is 12.1 Å². The van der Waals surface area contributed by atoms with Crippen molar-refractivity contribution in [2.24, 2.45) is 7.05 Å². The number of fused-ring (bicyclic) bond motifs is 1. The number of nitrogens with one attached hydrogen (secondary N) is 2. The average Bonchev–Trinajstić information content (AvgIpc) is 3.03. The Balaban J connectivity index is 1.95. The normalized spacial score (nSPS) is 11.5. The maximum Gasteiger partial charge on any atom is 0.416 e. The van der Waals surface area contributed by atoms with Gasteiger partial charge in [0.25, 0.3) is 5.91 Å². The monoisotopic (exact) mass is 407 g/mol. The average molecular weight is 407 g/mol. The topological polar surface area (TPSA) is 98.1 Å². The van der Waals surface area contributed by atoms with Gasteiger partial charge in [-0.15, -0.1) is 5.10 Å². The molecule has 0 saturated carbocycles. The van der Waals surface area contributed by atoms with Crippen LogP contribution in [0.4, 0.5) is 24.5 Å². The highest BCUT2D eigenvalue weighted by Gasteiger charge is 2.32. The summed E-state index contributed by atoms with van der Waals surface area (Å²) >= 11 is 0. The van der Waals surface area contributed by atoms with E-state index in [-0.39, 0.29) is 17.9 Å². The van der Waals surface area contributed by atoms with Crippen molar-refractivity contribution in [2.45, 2.75) is 6.18 Å². The molecule has 1 aromatic heterocycles. The minimum atomic E-state index is -4.71. The summed E-state index contributed by atoms with van der Waals surface area (Å²) in [5.41, 5.74) is -0.208. The summed E-state index contributed by atoms with van der Waals surface area (Å²) in [6.45, 7) is -0.341. The molecule has 2 N–H and O–H groups in total. The second-order valence-corrected chi connectivity index (χ2v) is 6.12. The summed E-state index contributed by atoms with van der Waals surface area (Å²) in [5.74, 6) is -1.45. The Kier molecular flexibility index (Phi) is 5.50. The lowest BCUT2D eigenvalue weighted by Crippen LogP contribution is -2.19. The molecular weight excluding hydrogens is 391 g/mol. The first-order valence-electron chi connectivity index (χ1n) is 8.30. The standard InChI is InChI=1S/C18H16F3N5O3/c1-26-14-5-3-4-13(16(14)24-25-26)23-17(28)10-6-11(18(19,20)21)8-12(7-10)22-15(27)9-29-2/h3-8H,9H2,1-2H3,(H,22,27)(H,23,28). The van der Waals surface area contributed by atoms with Crippen LogP contribution in [0.1, 0.15) is 15.9 Å². The number of aromatic nitrogens is 3. The molecule has 0 spiro atoms. The Morgan fingerprint density at radius 3 is 2.62 bits per heavy atom. The maximum absolute atomic E-state index is 13.2. The molecule has 1 heterocycles. The van der Waals surface area contributed by atoms with Crippen molar-refractivity contribution in [1.82, 2.24) is 15.0 Å². The zero-order valence-corrected chi connectivity index (χ0v) is 15.4. The van der Waals surface area contributed by atoms with Gasteiger partial charge >= 0.3 is 6.18 Å². The number of anilines is 2. The number of hydrogen-bond acceptors (Lipinski definition) is 5. The Labute approximate surface area is 162 Å². The molecule has 3 rings (SSSR count). The van der Waals surface area contributed by atoms with Crippen LogP contribution < -0.4 is 10.6 Å². The molecule has 0 fully saturated rings. The van der Waals surface area contributed by atoms with Crippen LogP contribution in [0.3, 0.4) is 0 Å². The van der Waals surface area contributed by atoms with Gasteiger partial charge in [0, 0.05) is 25.4 Å². The van der Waals surface area contributed by atoms with Gasteiger partial charge in [0.1, 0.15) is 12.1 Å². The van der Waals surface area contributed by atoms with Gasteiger partial charge in [-0.3, -0.25) is 9.59 Å². The molecule has 8 nitrogen and oxygen atoms in total. The van der Waals surface area contributed by atoms with Gasteiger partial charge < -0.3 is 15.4 Å². The quantitative estimate of drug-likeness (QED) is 0.678. The van der Waals surface area contributed by atoms with Gasteiger partial charge in [-0.05, 0) is 30.3 Å². The number of carbonyl (C=O) groups excluding carboxylic acids is 2. The van der Waals surface area contributed by atoms with Crippen molar-refractivity contribution >= 4 is 34.2 Å². The van der Waals surface area contributed by atoms with E-state index in [0.29, 0.717) is 22.8 Å². The lowest BCUT2D eigenvalue weighted by atomic mass is 10.1. The van der Waals surface area contributed by atoms with E-state index in [9.17, 15) is 22.8 Å². The van der Waals surface area contributed by atoms with Gasteiger partial charge in [0.15, 0.2) is 0 Å². The molecule has 0 aliphatic heterocycles. The van der Waals surface area contributed by atoms with Crippen LogP contribution in [0.2, 0.25) is 0 Å². The number of methoxy groups -OCH3 is 1. The van der Waals surface area contributed by atoms with Gasteiger partial charge in [0.2, 0.25) is 5.91 Å². The summed E-state index contributed by atoms with van der Waals surface area (Å²) in [5, 5.41) is 12.6. The fourth-order valence-corrected chi connectivity index (χ4v) is 2.68. The third kappa shape index (κ3) is 4.51. The highest BCUT2D eigenvalue weighted by atomic mass is 19.4. The van der Waals surface area contributed by atoms with Crippen LogP contribution in [-0.4, -0.2) is 40.5 Å². The summed E-state index contributed by atoms with van der Waals surface area (Å²) in [6.07, 6.45) is -4.71. The molecule has 11 heteroatoms. The first-order valence-corrected chi connectivity index (χ1v) is 8.30. The maximum atomic E-state index is 13.2. The zero-order chi connectivity index (χ0) is 21.2. The summed E-state index contributed by atoms with van der Waals surface area (Å²) in [4.78, 5) is 24.3. The molecule has 152 valence electrons. The minimum absolute atomic E-state index is 0.176. The molecule has 2 amide bonds. The van der Waals surface area contributed by atoms with E-state index >= 15 is 0 Å². The molecule has 2 aromatic carbocycles. The highest BCUT2D eigenvalue weighted by Crippen LogP contribution is 2.32. The molecular formula is C18H16F3N5O3. The molecule has 0 bridgehead atoms. The molecule has 0 radical (unpaired) electrons. The van der Waals surface area contributed by atoms with Crippen molar-refractivity contribution in [2.75, 3.05) is 24.4 Å². The lowest BCUT2D eigenvalue weighted by molar-refractivity contribution is -0.137. The number of amides is 2. The van der Waals surface area contributed by atoms with E-state index in [2.05, 4.69) is 25.7 Å². The van der Waals surface area contributed by atoms with E-state index in [1.165, 1.54) is 11.8 Å². The van der Waals surface area contributed by atoms with Crippen molar-refractivity contribution in [3.8, 4) is 0 Å². The second kappa shape index (κ2) is 7.87. The predicted octanol–water partition coefficient (Wildman–Crippen LogP) is 2.82. The third-order valence-electron chi connectivity index (χ3n) is 3.97. The van der Waals surface area contributed by atoms with Crippen molar-refractivity contribution in [1.29, 1.82) is 0 Å². The Bertz CT molecular complexity index is 1080. The number of nitrogens with zero attached hydrogens (tertiary/aromatic N) is 3.